The van der Waals surface area contributed by atoms with Gasteiger partial charge < -0.3 is 5.32 Å². The van der Waals surface area contributed by atoms with E-state index >= 15 is 0 Å². The third kappa shape index (κ3) is 5.13. The lowest BCUT2D eigenvalue weighted by atomic mass is 10.1. The van der Waals surface area contributed by atoms with E-state index in [0.29, 0.717) is 12.1 Å². The molecule has 1 N–H and O–H groups in total. The molecule has 0 radical (unpaired) electrons. The number of nitrogens with one attached hydrogen (secondary N) is 1. The third-order valence-electron chi connectivity index (χ3n) is 4.74. The molecule has 1 heterocycles. The Bertz CT molecular complexity index is 709. The molecule has 0 bridgehead atoms. The fraction of sp³-hybridized carbons (Fsp3) is 0.381. The Morgan fingerprint density at radius 3 is 2.40 bits per heavy atom. The molecule has 3 rings (SSSR count). The molecule has 0 aromatic heterocycles. The van der Waals surface area contributed by atoms with Crippen LogP contribution >= 0.6 is 0 Å². The van der Waals surface area contributed by atoms with Crippen molar-refractivity contribution in [1.82, 2.24) is 10.2 Å². The van der Waals surface area contributed by atoms with E-state index in [-0.39, 0.29) is 5.91 Å². The van der Waals surface area contributed by atoms with Gasteiger partial charge in [-0.15, -0.1) is 0 Å². The minimum absolute atomic E-state index is 0.246. The molecule has 1 amide bonds. The van der Waals surface area contributed by atoms with E-state index in [1.165, 1.54) is 43.4 Å². The lowest BCUT2D eigenvalue weighted by Crippen LogP contribution is -2.27. The summed E-state index contributed by atoms with van der Waals surface area (Å²) in [7, 11) is 0. The highest BCUT2D eigenvalue weighted by molar-refractivity contribution is 5.94. The second kappa shape index (κ2) is 8.77. The Morgan fingerprint density at radius 1 is 0.960 bits per heavy atom. The van der Waals surface area contributed by atoms with Crippen molar-refractivity contribution >= 4 is 5.91 Å². The monoisotopic (exact) mass is 340 g/mol. The van der Waals surface area contributed by atoms with Crippen molar-refractivity contribution in [3.8, 4) is 0 Å². The van der Waals surface area contributed by atoms with E-state index in [9.17, 15) is 9.18 Å². The van der Waals surface area contributed by atoms with E-state index < -0.39 is 5.82 Å². The van der Waals surface area contributed by atoms with Crippen molar-refractivity contribution in [2.75, 3.05) is 13.1 Å². The van der Waals surface area contributed by atoms with Gasteiger partial charge in [-0.05, 0) is 55.3 Å². The van der Waals surface area contributed by atoms with Crippen LogP contribution in [0, 0.1) is 5.82 Å². The second-order valence-electron chi connectivity index (χ2n) is 6.65. The van der Waals surface area contributed by atoms with Gasteiger partial charge in [0.2, 0.25) is 0 Å². The van der Waals surface area contributed by atoms with E-state index in [1.54, 1.807) is 12.1 Å². The zero-order valence-electron chi connectivity index (χ0n) is 14.5. The van der Waals surface area contributed by atoms with Crippen LogP contribution < -0.4 is 5.32 Å². The third-order valence-corrected chi connectivity index (χ3v) is 4.74. The van der Waals surface area contributed by atoms with Gasteiger partial charge in [0.05, 0.1) is 0 Å². The maximum atomic E-state index is 13.3. The SMILES string of the molecule is O=C(NCc1ccccc1CN1CCCCCC1)c1cccc(F)c1. The Hall–Kier alpha value is -2.20. The van der Waals surface area contributed by atoms with Gasteiger partial charge in [-0.25, -0.2) is 4.39 Å². The molecular formula is C21H25FN2O. The molecule has 2 aromatic rings. The average Bonchev–Trinajstić information content (AvgIpc) is 2.89. The van der Waals surface area contributed by atoms with Crippen LogP contribution in [0.15, 0.2) is 48.5 Å². The predicted octanol–water partition coefficient (Wildman–Crippen LogP) is 4.13. The number of hydrogen-bond donors (Lipinski definition) is 1. The van der Waals surface area contributed by atoms with Crippen LogP contribution in [-0.4, -0.2) is 23.9 Å². The first-order valence-electron chi connectivity index (χ1n) is 9.05. The number of benzene rings is 2. The van der Waals surface area contributed by atoms with Crippen molar-refractivity contribution in [2.24, 2.45) is 0 Å². The van der Waals surface area contributed by atoms with Gasteiger partial charge >= 0.3 is 0 Å². The Kier molecular flexibility index (Phi) is 6.18. The minimum Gasteiger partial charge on any atom is -0.348 e. The molecule has 132 valence electrons. The zero-order valence-corrected chi connectivity index (χ0v) is 14.5. The van der Waals surface area contributed by atoms with Gasteiger partial charge in [-0.3, -0.25) is 9.69 Å². The van der Waals surface area contributed by atoms with E-state index in [1.807, 2.05) is 12.1 Å². The molecule has 1 saturated heterocycles. The maximum absolute atomic E-state index is 13.3. The van der Waals surface area contributed by atoms with Crippen LogP contribution in [0.2, 0.25) is 0 Å². The summed E-state index contributed by atoms with van der Waals surface area (Å²) in [5.74, 6) is -0.640. The molecule has 0 unspecified atom stereocenters. The van der Waals surface area contributed by atoms with Gasteiger partial charge in [0.1, 0.15) is 5.82 Å². The lowest BCUT2D eigenvalue weighted by molar-refractivity contribution is 0.0950. The summed E-state index contributed by atoms with van der Waals surface area (Å²) in [5.41, 5.74) is 2.73. The van der Waals surface area contributed by atoms with Crippen LogP contribution in [0.4, 0.5) is 4.39 Å². The van der Waals surface area contributed by atoms with Gasteiger partial charge in [0.25, 0.3) is 5.91 Å². The summed E-state index contributed by atoms with van der Waals surface area (Å²) in [5, 5.41) is 2.91. The minimum atomic E-state index is -0.394. The summed E-state index contributed by atoms with van der Waals surface area (Å²) in [6, 6.07) is 14.0. The number of halogens is 1. The summed E-state index contributed by atoms with van der Waals surface area (Å²) < 4.78 is 13.3. The number of likely N-dealkylation sites (tertiary alicyclic amines) is 1. The quantitative estimate of drug-likeness (QED) is 0.887. The normalized spacial score (nSPS) is 15.6. The smallest absolute Gasteiger partial charge is 0.251 e. The molecule has 0 spiro atoms. The van der Waals surface area contributed by atoms with Crippen LogP contribution in [0.1, 0.15) is 47.2 Å². The Balaban J connectivity index is 1.63. The highest BCUT2D eigenvalue weighted by atomic mass is 19.1. The molecule has 0 aliphatic carbocycles. The van der Waals surface area contributed by atoms with Crippen LogP contribution in [-0.2, 0) is 13.1 Å². The Morgan fingerprint density at radius 2 is 1.68 bits per heavy atom. The van der Waals surface area contributed by atoms with Crippen molar-refractivity contribution in [1.29, 1.82) is 0 Å². The van der Waals surface area contributed by atoms with Crippen LogP contribution in [0.25, 0.3) is 0 Å². The summed E-state index contributed by atoms with van der Waals surface area (Å²) in [6.45, 7) is 3.67. The molecule has 1 fully saturated rings. The number of carbonyl (C=O) groups is 1. The number of hydrogen-bond acceptors (Lipinski definition) is 2. The van der Waals surface area contributed by atoms with E-state index in [4.69, 9.17) is 0 Å². The number of amides is 1. The summed E-state index contributed by atoms with van der Waals surface area (Å²) in [4.78, 5) is 14.7. The van der Waals surface area contributed by atoms with Crippen LogP contribution in [0.5, 0.6) is 0 Å². The zero-order chi connectivity index (χ0) is 17.5. The Labute approximate surface area is 148 Å². The van der Waals surface area contributed by atoms with E-state index in [2.05, 4.69) is 22.3 Å². The first kappa shape index (κ1) is 17.6. The van der Waals surface area contributed by atoms with Crippen molar-refractivity contribution in [3.05, 3.63) is 71.0 Å². The van der Waals surface area contributed by atoms with Gasteiger partial charge in [-0.2, -0.15) is 0 Å². The lowest BCUT2D eigenvalue weighted by Gasteiger charge is -2.21. The van der Waals surface area contributed by atoms with Gasteiger partial charge in [0, 0.05) is 18.7 Å². The fourth-order valence-corrected chi connectivity index (χ4v) is 3.33. The molecule has 0 atom stereocenters. The first-order chi connectivity index (χ1) is 12.2. The first-order valence-corrected chi connectivity index (χ1v) is 9.05. The number of carbonyl (C=O) groups excluding carboxylic acids is 1. The van der Waals surface area contributed by atoms with Crippen molar-refractivity contribution < 1.29 is 9.18 Å². The highest BCUT2D eigenvalue weighted by Crippen LogP contribution is 2.16. The number of rotatable bonds is 5. The molecule has 4 heteroatoms. The molecule has 1 aliphatic rings. The predicted molar refractivity (Wildman–Crippen MR) is 97.8 cm³/mol. The average molecular weight is 340 g/mol. The van der Waals surface area contributed by atoms with Crippen molar-refractivity contribution in [2.45, 2.75) is 38.8 Å². The van der Waals surface area contributed by atoms with Crippen LogP contribution in [0.3, 0.4) is 0 Å². The second-order valence-corrected chi connectivity index (χ2v) is 6.65. The van der Waals surface area contributed by atoms with Gasteiger partial charge in [-0.1, -0.05) is 43.2 Å². The van der Waals surface area contributed by atoms with E-state index in [0.717, 1.165) is 25.2 Å². The topological polar surface area (TPSA) is 32.3 Å². The molecule has 2 aromatic carbocycles. The fourth-order valence-electron chi connectivity index (χ4n) is 3.33. The molecule has 1 aliphatic heterocycles. The molecular weight excluding hydrogens is 315 g/mol. The highest BCUT2D eigenvalue weighted by Gasteiger charge is 2.12. The largest absolute Gasteiger partial charge is 0.348 e. The van der Waals surface area contributed by atoms with Gasteiger partial charge in [0.15, 0.2) is 0 Å². The van der Waals surface area contributed by atoms with Crippen molar-refractivity contribution in [3.63, 3.8) is 0 Å². The molecule has 3 nitrogen and oxygen atoms in total. The molecule has 0 saturated carbocycles. The maximum Gasteiger partial charge on any atom is 0.251 e. The summed E-state index contributed by atoms with van der Waals surface area (Å²) in [6.07, 6.45) is 5.17. The number of nitrogens with zero attached hydrogens (tertiary/aromatic N) is 1. The molecule has 25 heavy (non-hydrogen) atoms. The summed E-state index contributed by atoms with van der Waals surface area (Å²) >= 11 is 0. The standard InChI is InChI=1S/C21H25FN2O/c22-20-11-7-10-17(14-20)21(25)23-15-18-8-3-4-9-19(18)16-24-12-5-1-2-6-13-24/h3-4,7-11,14H,1-2,5-6,12-13,15-16H2,(H,23,25).